The molecule has 1 aromatic rings. The fraction of sp³-hybridized carbons (Fsp3) is 0.562. The summed E-state index contributed by atoms with van der Waals surface area (Å²) in [5, 5.41) is 6.61. The standard InChI is InChI=1S/C16H26FN3/c1-6-18-16(20-13(5)11(2)3)19-10-14-7-8-15(17)12(4)9-14/h7-9,11,13H,6,10H2,1-5H3,(H2,18,19,20). The average molecular weight is 279 g/mol. The van der Waals surface area contributed by atoms with Crippen LogP contribution in [-0.4, -0.2) is 18.5 Å². The largest absolute Gasteiger partial charge is 0.357 e. The lowest BCUT2D eigenvalue weighted by atomic mass is 10.1. The van der Waals surface area contributed by atoms with Crippen LogP contribution >= 0.6 is 0 Å². The quantitative estimate of drug-likeness (QED) is 0.641. The smallest absolute Gasteiger partial charge is 0.191 e. The van der Waals surface area contributed by atoms with Crippen LogP contribution in [-0.2, 0) is 6.54 Å². The number of hydrogen-bond donors (Lipinski definition) is 2. The van der Waals surface area contributed by atoms with E-state index < -0.39 is 0 Å². The van der Waals surface area contributed by atoms with E-state index in [1.807, 2.05) is 13.0 Å². The summed E-state index contributed by atoms with van der Waals surface area (Å²) in [5.41, 5.74) is 1.67. The van der Waals surface area contributed by atoms with E-state index in [-0.39, 0.29) is 5.82 Å². The van der Waals surface area contributed by atoms with Crippen LogP contribution in [0.25, 0.3) is 0 Å². The lowest BCUT2D eigenvalue weighted by molar-refractivity contribution is 0.481. The molecule has 1 aromatic carbocycles. The van der Waals surface area contributed by atoms with Crippen molar-refractivity contribution in [2.75, 3.05) is 6.54 Å². The molecule has 0 aliphatic rings. The Morgan fingerprint density at radius 3 is 2.55 bits per heavy atom. The number of guanidine groups is 1. The SMILES string of the molecule is CCNC(=NCc1ccc(F)c(C)c1)NC(C)C(C)C. The Labute approximate surface area is 121 Å². The summed E-state index contributed by atoms with van der Waals surface area (Å²) in [6, 6.07) is 5.47. The van der Waals surface area contributed by atoms with Crippen LogP contribution in [0.5, 0.6) is 0 Å². The van der Waals surface area contributed by atoms with E-state index in [1.165, 1.54) is 6.07 Å². The highest BCUT2D eigenvalue weighted by Crippen LogP contribution is 2.10. The number of aryl methyl sites for hydroxylation is 1. The van der Waals surface area contributed by atoms with Gasteiger partial charge in [0.05, 0.1) is 6.54 Å². The minimum atomic E-state index is -0.170. The summed E-state index contributed by atoms with van der Waals surface area (Å²) in [5.74, 6) is 1.17. The van der Waals surface area contributed by atoms with Crippen molar-refractivity contribution in [3.63, 3.8) is 0 Å². The molecule has 0 aliphatic carbocycles. The van der Waals surface area contributed by atoms with Crippen LogP contribution in [0.4, 0.5) is 4.39 Å². The van der Waals surface area contributed by atoms with Gasteiger partial charge in [-0.2, -0.15) is 0 Å². The minimum absolute atomic E-state index is 0.170. The predicted molar refractivity (Wildman–Crippen MR) is 83.4 cm³/mol. The third-order valence-electron chi connectivity index (χ3n) is 3.35. The second kappa shape index (κ2) is 7.88. The monoisotopic (exact) mass is 279 g/mol. The van der Waals surface area contributed by atoms with Gasteiger partial charge in [0.1, 0.15) is 5.82 Å². The Bertz CT molecular complexity index is 455. The number of hydrogen-bond acceptors (Lipinski definition) is 1. The molecule has 20 heavy (non-hydrogen) atoms. The van der Waals surface area contributed by atoms with Crippen molar-refractivity contribution in [3.8, 4) is 0 Å². The van der Waals surface area contributed by atoms with E-state index in [0.717, 1.165) is 18.1 Å². The number of aliphatic imine (C=N–C) groups is 1. The van der Waals surface area contributed by atoms with Gasteiger partial charge in [-0.25, -0.2) is 9.38 Å². The van der Waals surface area contributed by atoms with E-state index >= 15 is 0 Å². The van der Waals surface area contributed by atoms with Gasteiger partial charge in [-0.1, -0.05) is 26.0 Å². The summed E-state index contributed by atoms with van der Waals surface area (Å²) >= 11 is 0. The number of nitrogens with zero attached hydrogens (tertiary/aromatic N) is 1. The maximum Gasteiger partial charge on any atom is 0.191 e. The highest BCUT2D eigenvalue weighted by Gasteiger charge is 2.08. The highest BCUT2D eigenvalue weighted by molar-refractivity contribution is 5.80. The summed E-state index contributed by atoms with van der Waals surface area (Å²) < 4.78 is 13.2. The molecule has 0 aliphatic heterocycles. The van der Waals surface area contributed by atoms with Gasteiger partial charge in [0.25, 0.3) is 0 Å². The first-order chi connectivity index (χ1) is 9.43. The van der Waals surface area contributed by atoms with Gasteiger partial charge in [-0.05, 0) is 43.9 Å². The molecule has 0 amide bonds. The van der Waals surface area contributed by atoms with Crippen molar-refractivity contribution in [1.29, 1.82) is 0 Å². The Hall–Kier alpha value is -1.58. The predicted octanol–water partition coefficient (Wildman–Crippen LogP) is 3.23. The third kappa shape index (κ3) is 5.19. The summed E-state index contributed by atoms with van der Waals surface area (Å²) in [6.45, 7) is 11.7. The van der Waals surface area contributed by atoms with Crippen LogP contribution in [0.1, 0.15) is 38.8 Å². The van der Waals surface area contributed by atoms with Gasteiger partial charge in [0, 0.05) is 12.6 Å². The van der Waals surface area contributed by atoms with E-state index in [9.17, 15) is 4.39 Å². The van der Waals surface area contributed by atoms with Crippen LogP contribution in [0.15, 0.2) is 23.2 Å². The fourth-order valence-corrected chi connectivity index (χ4v) is 1.68. The molecule has 1 rings (SSSR count). The lowest BCUT2D eigenvalue weighted by Crippen LogP contribution is -2.44. The second-order valence-corrected chi connectivity index (χ2v) is 5.46. The van der Waals surface area contributed by atoms with Crippen molar-refractivity contribution in [1.82, 2.24) is 10.6 Å². The van der Waals surface area contributed by atoms with E-state index in [4.69, 9.17) is 0 Å². The van der Waals surface area contributed by atoms with Gasteiger partial charge in [-0.15, -0.1) is 0 Å². The number of rotatable bonds is 5. The van der Waals surface area contributed by atoms with Crippen molar-refractivity contribution >= 4 is 5.96 Å². The topological polar surface area (TPSA) is 36.4 Å². The summed E-state index contributed by atoms with van der Waals surface area (Å²) in [4.78, 5) is 4.55. The lowest BCUT2D eigenvalue weighted by Gasteiger charge is -2.20. The maximum atomic E-state index is 13.2. The zero-order valence-corrected chi connectivity index (χ0v) is 13.1. The Balaban J connectivity index is 2.73. The van der Waals surface area contributed by atoms with Gasteiger partial charge in [-0.3, -0.25) is 0 Å². The number of halogens is 1. The van der Waals surface area contributed by atoms with Gasteiger partial charge in [0.2, 0.25) is 0 Å². The average Bonchev–Trinajstić information content (AvgIpc) is 2.39. The molecule has 112 valence electrons. The molecule has 2 N–H and O–H groups in total. The van der Waals surface area contributed by atoms with Crippen LogP contribution in [0, 0.1) is 18.7 Å². The van der Waals surface area contributed by atoms with Crippen LogP contribution in [0.3, 0.4) is 0 Å². The molecule has 0 saturated carbocycles. The zero-order valence-electron chi connectivity index (χ0n) is 13.1. The molecule has 1 atom stereocenters. The van der Waals surface area contributed by atoms with Gasteiger partial charge in [0.15, 0.2) is 5.96 Å². The molecule has 0 spiro atoms. The number of benzene rings is 1. The molecule has 0 saturated heterocycles. The molecule has 0 bridgehead atoms. The summed E-state index contributed by atoms with van der Waals surface area (Å²) in [7, 11) is 0. The molecule has 4 heteroatoms. The highest BCUT2D eigenvalue weighted by atomic mass is 19.1. The first-order valence-electron chi connectivity index (χ1n) is 7.24. The first kappa shape index (κ1) is 16.5. The van der Waals surface area contributed by atoms with Gasteiger partial charge < -0.3 is 10.6 Å². The van der Waals surface area contributed by atoms with Gasteiger partial charge >= 0.3 is 0 Å². The molecular weight excluding hydrogens is 253 g/mol. The van der Waals surface area contributed by atoms with Crippen LogP contribution < -0.4 is 10.6 Å². The molecule has 1 unspecified atom stereocenters. The zero-order chi connectivity index (χ0) is 15.1. The minimum Gasteiger partial charge on any atom is -0.357 e. The molecule has 0 heterocycles. The first-order valence-corrected chi connectivity index (χ1v) is 7.24. The van der Waals surface area contributed by atoms with Crippen molar-refractivity contribution < 1.29 is 4.39 Å². The Morgan fingerprint density at radius 1 is 1.30 bits per heavy atom. The van der Waals surface area contributed by atoms with Crippen molar-refractivity contribution in [3.05, 3.63) is 35.1 Å². The van der Waals surface area contributed by atoms with E-state index in [1.54, 1.807) is 13.0 Å². The van der Waals surface area contributed by atoms with Crippen LogP contribution in [0.2, 0.25) is 0 Å². The Morgan fingerprint density at radius 2 is 2.00 bits per heavy atom. The normalized spacial score (nSPS) is 13.4. The maximum absolute atomic E-state index is 13.2. The molecule has 0 radical (unpaired) electrons. The number of nitrogens with one attached hydrogen (secondary N) is 2. The molecule has 0 fully saturated rings. The van der Waals surface area contributed by atoms with E-state index in [0.29, 0.717) is 24.1 Å². The third-order valence-corrected chi connectivity index (χ3v) is 3.35. The second-order valence-electron chi connectivity index (χ2n) is 5.46. The summed E-state index contributed by atoms with van der Waals surface area (Å²) in [6.07, 6.45) is 0. The molecule has 3 nitrogen and oxygen atoms in total. The van der Waals surface area contributed by atoms with E-state index in [2.05, 4.69) is 36.4 Å². The molecule has 0 aromatic heterocycles. The van der Waals surface area contributed by atoms with Crippen molar-refractivity contribution in [2.24, 2.45) is 10.9 Å². The van der Waals surface area contributed by atoms with Crippen molar-refractivity contribution in [2.45, 2.75) is 47.2 Å². The fourth-order valence-electron chi connectivity index (χ4n) is 1.68. The molecular formula is C16H26FN3. The Kier molecular flexibility index (Phi) is 6.49.